The van der Waals surface area contributed by atoms with Crippen LogP contribution in [0.1, 0.15) is 16.7 Å². The number of thioether (sulfide) groups is 1. The van der Waals surface area contributed by atoms with Gasteiger partial charge >= 0.3 is 0 Å². The summed E-state index contributed by atoms with van der Waals surface area (Å²) in [5.74, 6) is 0.950. The van der Waals surface area contributed by atoms with Gasteiger partial charge in [-0.2, -0.15) is 0 Å². The van der Waals surface area contributed by atoms with E-state index in [0.29, 0.717) is 16.4 Å². The smallest absolute Gasteiger partial charge is 0.293 e. The van der Waals surface area contributed by atoms with Gasteiger partial charge < -0.3 is 9.47 Å². The van der Waals surface area contributed by atoms with E-state index < -0.39 is 0 Å². The maximum absolute atomic E-state index is 12.7. The minimum atomic E-state index is -0.289. The average Bonchev–Trinajstić information content (AvgIpc) is 2.90. The summed E-state index contributed by atoms with van der Waals surface area (Å²) in [6.07, 6.45) is 1.69. The zero-order valence-corrected chi connectivity index (χ0v) is 15.6. The van der Waals surface area contributed by atoms with Crippen LogP contribution in [-0.2, 0) is 11.3 Å². The minimum absolute atomic E-state index is 0.267. The van der Waals surface area contributed by atoms with Crippen molar-refractivity contribution in [1.29, 1.82) is 0 Å². The van der Waals surface area contributed by atoms with Gasteiger partial charge in [0.25, 0.3) is 11.1 Å². The van der Waals surface area contributed by atoms with Gasteiger partial charge in [-0.05, 0) is 48.0 Å². The molecule has 6 heteroatoms. The van der Waals surface area contributed by atoms with E-state index in [1.807, 2.05) is 31.2 Å². The second kappa shape index (κ2) is 7.66. The van der Waals surface area contributed by atoms with E-state index >= 15 is 0 Å². The van der Waals surface area contributed by atoms with Gasteiger partial charge in [-0.25, -0.2) is 0 Å². The molecule has 1 aliphatic heterocycles. The molecule has 3 rings (SSSR count). The average molecular weight is 369 g/mol. The van der Waals surface area contributed by atoms with Crippen molar-refractivity contribution in [2.45, 2.75) is 13.5 Å². The van der Waals surface area contributed by atoms with Crippen molar-refractivity contribution in [3.8, 4) is 11.5 Å². The number of imide groups is 1. The summed E-state index contributed by atoms with van der Waals surface area (Å²) in [6, 6.07) is 13.1. The first kappa shape index (κ1) is 18.1. The first-order valence-corrected chi connectivity index (χ1v) is 8.86. The highest BCUT2D eigenvalue weighted by Crippen LogP contribution is 2.34. The van der Waals surface area contributed by atoms with Crippen LogP contribution in [0, 0.1) is 6.92 Å². The second-order valence-corrected chi connectivity index (χ2v) is 6.89. The number of hydrogen-bond acceptors (Lipinski definition) is 5. The highest BCUT2D eigenvalue weighted by molar-refractivity contribution is 8.18. The third-order valence-corrected chi connectivity index (χ3v) is 4.91. The van der Waals surface area contributed by atoms with Crippen molar-refractivity contribution < 1.29 is 19.1 Å². The Labute approximate surface area is 156 Å². The molecule has 0 bridgehead atoms. The maximum Gasteiger partial charge on any atom is 0.293 e. The van der Waals surface area contributed by atoms with Crippen molar-refractivity contribution in [1.82, 2.24) is 4.90 Å². The molecule has 1 fully saturated rings. The fourth-order valence-electron chi connectivity index (χ4n) is 2.58. The number of carbonyl (C=O) groups excluding carboxylic acids is 2. The van der Waals surface area contributed by atoms with Crippen LogP contribution in [0.15, 0.2) is 47.4 Å². The molecule has 0 unspecified atom stereocenters. The fourth-order valence-corrected chi connectivity index (χ4v) is 3.41. The Hall–Kier alpha value is -2.73. The molecule has 1 saturated heterocycles. The lowest BCUT2D eigenvalue weighted by Crippen LogP contribution is -2.27. The summed E-state index contributed by atoms with van der Waals surface area (Å²) >= 11 is 0.943. The number of hydrogen-bond donors (Lipinski definition) is 0. The molecule has 0 aromatic heterocycles. The largest absolute Gasteiger partial charge is 0.497 e. The van der Waals surface area contributed by atoms with E-state index in [4.69, 9.17) is 9.47 Å². The first-order chi connectivity index (χ1) is 12.5. The number of nitrogens with zero attached hydrogens (tertiary/aromatic N) is 1. The number of methoxy groups -OCH3 is 2. The standard InChI is InChI=1S/C20H19NO4S/c1-13-4-6-14(7-5-13)12-21-19(22)18(26-20(21)23)10-15-8-16(24-2)11-17(9-15)25-3/h4-11H,12H2,1-3H3/b18-10+. The number of rotatable bonds is 5. The molecule has 5 nitrogen and oxygen atoms in total. The number of benzene rings is 2. The summed E-state index contributed by atoms with van der Waals surface area (Å²) in [6.45, 7) is 2.26. The monoisotopic (exact) mass is 369 g/mol. The lowest BCUT2D eigenvalue weighted by atomic mass is 10.1. The number of amides is 2. The molecule has 1 aliphatic rings. The zero-order valence-electron chi connectivity index (χ0n) is 14.8. The number of aryl methyl sites for hydroxylation is 1. The van der Waals surface area contributed by atoms with Crippen LogP contribution in [0.5, 0.6) is 11.5 Å². The van der Waals surface area contributed by atoms with Crippen LogP contribution in [-0.4, -0.2) is 30.3 Å². The molecule has 0 aliphatic carbocycles. The highest BCUT2D eigenvalue weighted by atomic mass is 32.2. The van der Waals surface area contributed by atoms with Crippen molar-refractivity contribution in [2.75, 3.05) is 14.2 Å². The van der Waals surface area contributed by atoms with Crippen LogP contribution in [0.25, 0.3) is 6.08 Å². The van der Waals surface area contributed by atoms with Crippen molar-refractivity contribution in [2.24, 2.45) is 0 Å². The lowest BCUT2D eigenvalue weighted by Gasteiger charge is -2.12. The number of carbonyl (C=O) groups is 2. The highest BCUT2D eigenvalue weighted by Gasteiger charge is 2.35. The molecule has 2 aromatic rings. The van der Waals surface area contributed by atoms with Gasteiger partial charge in [-0.1, -0.05) is 29.8 Å². The van der Waals surface area contributed by atoms with Gasteiger partial charge in [-0.3, -0.25) is 14.5 Å². The van der Waals surface area contributed by atoms with E-state index in [-0.39, 0.29) is 17.7 Å². The summed E-state index contributed by atoms with van der Waals surface area (Å²) < 4.78 is 10.5. The normalized spacial score (nSPS) is 15.7. The molecule has 0 saturated carbocycles. The van der Waals surface area contributed by atoms with Crippen molar-refractivity contribution in [3.63, 3.8) is 0 Å². The van der Waals surface area contributed by atoms with Crippen LogP contribution < -0.4 is 9.47 Å². The Morgan fingerprint density at radius 2 is 1.62 bits per heavy atom. The molecule has 0 spiro atoms. The Balaban J connectivity index is 1.84. The Morgan fingerprint density at radius 1 is 1.00 bits per heavy atom. The summed E-state index contributed by atoms with van der Waals surface area (Å²) in [7, 11) is 3.13. The van der Waals surface area contributed by atoms with E-state index in [1.165, 1.54) is 4.90 Å². The molecule has 0 N–H and O–H groups in total. The fraction of sp³-hybridized carbons (Fsp3) is 0.200. The van der Waals surface area contributed by atoms with Gasteiger partial charge in [0.05, 0.1) is 25.7 Å². The quantitative estimate of drug-likeness (QED) is 0.738. The third kappa shape index (κ3) is 3.91. The van der Waals surface area contributed by atoms with Crippen LogP contribution in [0.2, 0.25) is 0 Å². The Bertz CT molecular complexity index is 852. The van der Waals surface area contributed by atoms with E-state index in [2.05, 4.69) is 0 Å². The predicted octanol–water partition coefficient (Wildman–Crippen LogP) is 4.25. The summed E-state index contributed by atoms with van der Waals surface area (Å²) in [4.78, 5) is 26.6. The topological polar surface area (TPSA) is 55.8 Å². The van der Waals surface area contributed by atoms with Gasteiger partial charge in [0.1, 0.15) is 11.5 Å². The Morgan fingerprint density at radius 3 is 2.19 bits per heavy atom. The summed E-state index contributed by atoms with van der Waals surface area (Å²) in [5, 5.41) is -0.267. The lowest BCUT2D eigenvalue weighted by molar-refractivity contribution is -0.123. The molecule has 1 heterocycles. The minimum Gasteiger partial charge on any atom is -0.497 e. The number of ether oxygens (including phenoxy) is 2. The van der Waals surface area contributed by atoms with Gasteiger partial charge in [0, 0.05) is 6.07 Å². The van der Waals surface area contributed by atoms with Crippen LogP contribution >= 0.6 is 11.8 Å². The second-order valence-electron chi connectivity index (χ2n) is 5.90. The molecule has 134 valence electrons. The summed E-state index contributed by atoms with van der Waals surface area (Å²) in [5.41, 5.74) is 2.79. The molecular weight excluding hydrogens is 350 g/mol. The maximum atomic E-state index is 12.7. The SMILES string of the molecule is COc1cc(/C=C2/SC(=O)N(Cc3ccc(C)cc3)C2=O)cc(OC)c1. The van der Waals surface area contributed by atoms with Crippen LogP contribution in [0.4, 0.5) is 4.79 Å². The van der Waals surface area contributed by atoms with Crippen LogP contribution in [0.3, 0.4) is 0 Å². The first-order valence-electron chi connectivity index (χ1n) is 8.04. The van der Waals surface area contributed by atoms with E-state index in [1.54, 1.807) is 38.5 Å². The zero-order chi connectivity index (χ0) is 18.7. The van der Waals surface area contributed by atoms with E-state index in [9.17, 15) is 9.59 Å². The third-order valence-electron chi connectivity index (χ3n) is 4.01. The molecule has 0 atom stereocenters. The predicted molar refractivity (Wildman–Crippen MR) is 102 cm³/mol. The van der Waals surface area contributed by atoms with Crippen molar-refractivity contribution in [3.05, 3.63) is 64.1 Å². The molecule has 26 heavy (non-hydrogen) atoms. The van der Waals surface area contributed by atoms with Crippen molar-refractivity contribution >= 4 is 29.0 Å². The van der Waals surface area contributed by atoms with Gasteiger partial charge in [0.15, 0.2) is 0 Å². The Kier molecular flexibility index (Phi) is 5.32. The molecule has 2 amide bonds. The molecule has 0 radical (unpaired) electrons. The molecule has 2 aromatic carbocycles. The van der Waals surface area contributed by atoms with Gasteiger partial charge in [0.2, 0.25) is 0 Å². The van der Waals surface area contributed by atoms with E-state index in [0.717, 1.165) is 28.5 Å². The van der Waals surface area contributed by atoms with Gasteiger partial charge in [-0.15, -0.1) is 0 Å². The molecular formula is C20H19NO4S.